The maximum atomic E-state index is 9.96. The average Bonchev–Trinajstić information content (AvgIpc) is 3.27. The quantitative estimate of drug-likeness (QED) is 0.182. The van der Waals surface area contributed by atoms with Gasteiger partial charge in [0, 0.05) is 42.8 Å². The second-order valence-electron chi connectivity index (χ2n) is 12.0. The molecule has 0 fully saturated rings. The first-order chi connectivity index (χ1) is 18.4. The van der Waals surface area contributed by atoms with Gasteiger partial charge in [0.25, 0.3) is 0 Å². The number of fused-ring (bicyclic) bond motifs is 1. The van der Waals surface area contributed by atoms with Crippen LogP contribution in [0.15, 0.2) is 53.4 Å². The second kappa shape index (κ2) is 13.1. The van der Waals surface area contributed by atoms with Gasteiger partial charge in [-0.3, -0.25) is 4.72 Å². The van der Waals surface area contributed by atoms with E-state index in [1.165, 1.54) is 34.0 Å². The maximum absolute atomic E-state index is 9.96. The minimum absolute atomic E-state index is 0.206. The molecule has 0 bridgehead atoms. The summed E-state index contributed by atoms with van der Waals surface area (Å²) in [5, 5.41) is 12.5. The number of aromatic nitrogens is 1. The van der Waals surface area contributed by atoms with Gasteiger partial charge in [-0.15, -0.1) is 0 Å². The molecule has 0 amide bonds. The number of anilines is 1. The summed E-state index contributed by atoms with van der Waals surface area (Å²) in [5.41, 5.74) is 5.09. The van der Waals surface area contributed by atoms with Gasteiger partial charge in [0.2, 0.25) is 0 Å². The van der Waals surface area contributed by atoms with Gasteiger partial charge in [0.1, 0.15) is 11.0 Å². The largest absolute Gasteiger partial charge is 0.374 e. The predicted molar refractivity (Wildman–Crippen MR) is 170 cm³/mol. The van der Waals surface area contributed by atoms with Crippen molar-refractivity contribution in [2.75, 3.05) is 24.6 Å². The van der Waals surface area contributed by atoms with Crippen LogP contribution in [0.25, 0.3) is 27.6 Å². The molecule has 0 saturated carbocycles. The number of nitrogens with zero attached hydrogens (tertiary/aromatic N) is 3. The molecule has 6 heteroatoms. The van der Waals surface area contributed by atoms with E-state index >= 15 is 0 Å². The molecule has 5 nitrogen and oxygen atoms in total. The first-order valence-corrected chi connectivity index (χ1v) is 14.8. The molecule has 210 valence electrons. The number of rotatable bonds is 12. The van der Waals surface area contributed by atoms with Gasteiger partial charge in [0.15, 0.2) is 0 Å². The first kappa shape index (κ1) is 30.8. The van der Waals surface area contributed by atoms with Crippen LogP contribution in [-0.2, 0) is 11.8 Å². The van der Waals surface area contributed by atoms with Crippen molar-refractivity contribution in [2.45, 2.75) is 79.4 Å². The third-order valence-corrected chi connectivity index (χ3v) is 7.97. The van der Waals surface area contributed by atoms with E-state index in [0.717, 1.165) is 42.9 Å². The summed E-state index contributed by atoms with van der Waals surface area (Å²) in [7, 11) is 2.07. The molecule has 0 spiro atoms. The Kier molecular flexibility index (Phi) is 10.3. The number of hydrogen-bond donors (Lipinski definition) is 1. The highest BCUT2D eigenvalue weighted by molar-refractivity contribution is 8.01. The molecule has 1 N–H and O–H groups in total. The summed E-state index contributed by atoms with van der Waals surface area (Å²) >= 11 is 1.38. The third-order valence-electron chi connectivity index (χ3n) is 6.72. The fraction of sp³-hybridized carbons (Fsp3) is 0.485. The number of allylic oxidation sites excluding steroid dienone is 2. The van der Waals surface area contributed by atoms with E-state index in [2.05, 4.69) is 124 Å². The van der Waals surface area contributed by atoms with E-state index in [1.54, 1.807) is 0 Å². The fourth-order valence-electron chi connectivity index (χ4n) is 4.59. The van der Waals surface area contributed by atoms with Crippen LogP contribution in [0.4, 0.5) is 5.69 Å². The predicted octanol–water partition coefficient (Wildman–Crippen LogP) is 8.56. The van der Waals surface area contributed by atoms with Crippen LogP contribution in [0.2, 0.25) is 0 Å². The van der Waals surface area contributed by atoms with Gasteiger partial charge in [-0.1, -0.05) is 32.0 Å². The van der Waals surface area contributed by atoms with E-state index in [-0.39, 0.29) is 11.1 Å². The average molecular weight is 547 g/mol. The third kappa shape index (κ3) is 8.14. The molecule has 39 heavy (non-hydrogen) atoms. The summed E-state index contributed by atoms with van der Waals surface area (Å²) in [6.45, 7) is 19.5. The Bertz CT molecular complexity index is 1330. The highest BCUT2D eigenvalue weighted by atomic mass is 32.2. The summed E-state index contributed by atoms with van der Waals surface area (Å²) in [5.74, 6) is 0. The summed E-state index contributed by atoms with van der Waals surface area (Å²) in [6, 6.07) is 20.1. The highest BCUT2D eigenvalue weighted by Crippen LogP contribution is 2.32. The molecule has 3 aromatic rings. The van der Waals surface area contributed by atoms with Gasteiger partial charge in [-0.2, -0.15) is 5.26 Å². The van der Waals surface area contributed by atoms with Crippen molar-refractivity contribution in [1.29, 1.82) is 5.26 Å². The normalized spacial score (nSPS) is 12.9. The van der Waals surface area contributed by atoms with E-state index < -0.39 is 0 Å². The summed E-state index contributed by atoms with van der Waals surface area (Å²) < 4.78 is 11.6. The maximum Gasteiger partial charge on any atom is 0.108 e. The van der Waals surface area contributed by atoms with E-state index in [1.807, 2.05) is 6.92 Å². The molecule has 0 unspecified atom stereocenters. The molecule has 0 aliphatic rings. The van der Waals surface area contributed by atoms with Crippen molar-refractivity contribution in [2.24, 2.45) is 7.05 Å². The van der Waals surface area contributed by atoms with E-state index in [9.17, 15) is 5.26 Å². The lowest BCUT2D eigenvalue weighted by Gasteiger charge is -2.30. The van der Waals surface area contributed by atoms with Crippen molar-refractivity contribution >= 4 is 34.0 Å². The molecule has 0 saturated heterocycles. The summed E-state index contributed by atoms with van der Waals surface area (Å²) in [4.78, 5) is 3.13. The Morgan fingerprint density at radius 2 is 1.62 bits per heavy atom. The Morgan fingerprint density at radius 3 is 2.23 bits per heavy atom. The monoisotopic (exact) mass is 546 g/mol. The smallest absolute Gasteiger partial charge is 0.108 e. The van der Waals surface area contributed by atoms with Gasteiger partial charge >= 0.3 is 0 Å². The van der Waals surface area contributed by atoms with Crippen LogP contribution in [0.5, 0.6) is 0 Å². The highest BCUT2D eigenvalue weighted by Gasteiger charge is 2.23. The molecule has 1 heterocycles. The van der Waals surface area contributed by atoms with E-state index in [4.69, 9.17) is 4.74 Å². The molecule has 0 radical (unpaired) electrons. The van der Waals surface area contributed by atoms with Crippen molar-refractivity contribution in [1.82, 2.24) is 9.29 Å². The summed E-state index contributed by atoms with van der Waals surface area (Å²) in [6.07, 6.45) is 2.29. The molecule has 0 atom stereocenters. The standard InChI is InChI=1S/C33H46N4OS/c1-10-18-37(19-11-2)28-15-14-25-20-27(13-12-26(25)21-28)30-17-16-29(36(30)9)24(3)31(22-34)39-35-33(7,8)23-38-32(4,5)6/h12-17,20-21,35H,10-11,18-19,23H2,1-9H3/b31-24+. The number of hydrogen-bond acceptors (Lipinski definition) is 5. The van der Waals surface area contributed by atoms with E-state index in [0.29, 0.717) is 11.5 Å². The zero-order chi connectivity index (χ0) is 28.8. The van der Waals surface area contributed by atoms with Gasteiger partial charge < -0.3 is 14.2 Å². The minimum atomic E-state index is -0.283. The molecular formula is C33H46N4OS. The SMILES string of the molecule is CCCN(CCC)c1ccc2cc(-c3ccc(/C(C)=C(\C#N)SNC(C)(C)COC(C)(C)C)n3C)ccc2c1. The van der Waals surface area contributed by atoms with Crippen LogP contribution >= 0.6 is 11.9 Å². The second-order valence-corrected chi connectivity index (χ2v) is 12.8. The number of nitriles is 1. The van der Waals surface area contributed by atoms with Gasteiger partial charge in [0.05, 0.1) is 12.2 Å². The molecule has 0 aliphatic heterocycles. The number of benzene rings is 2. The topological polar surface area (TPSA) is 53.2 Å². The molecule has 0 aliphatic carbocycles. The fourth-order valence-corrected chi connectivity index (χ4v) is 5.33. The van der Waals surface area contributed by atoms with Crippen molar-refractivity contribution in [3.05, 3.63) is 59.1 Å². The van der Waals surface area contributed by atoms with Crippen LogP contribution < -0.4 is 9.62 Å². The van der Waals surface area contributed by atoms with Crippen LogP contribution in [0, 0.1) is 11.3 Å². The van der Waals surface area contributed by atoms with Crippen molar-refractivity contribution in [3.63, 3.8) is 0 Å². The lowest BCUT2D eigenvalue weighted by Crippen LogP contribution is -2.42. The Balaban J connectivity index is 1.84. The van der Waals surface area contributed by atoms with Crippen LogP contribution in [0.3, 0.4) is 0 Å². The Hall–Kier alpha value is -2.72. The molecule has 1 aromatic heterocycles. The Morgan fingerprint density at radius 1 is 0.974 bits per heavy atom. The minimum Gasteiger partial charge on any atom is -0.374 e. The lowest BCUT2D eigenvalue weighted by molar-refractivity contribution is -0.0254. The Labute approximate surface area is 240 Å². The van der Waals surface area contributed by atoms with Crippen molar-refractivity contribution in [3.8, 4) is 17.3 Å². The van der Waals surface area contributed by atoms with Crippen LogP contribution in [0.1, 0.15) is 73.9 Å². The van der Waals surface area contributed by atoms with Crippen LogP contribution in [-0.4, -0.2) is 35.4 Å². The first-order valence-electron chi connectivity index (χ1n) is 14.0. The molecule has 3 rings (SSSR count). The number of nitrogens with one attached hydrogen (secondary N) is 1. The zero-order valence-electron chi connectivity index (χ0n) is 25.3. The zero-order valence-corrected chi connectivity index (χ0v) is 26.1. The lowest BCUT2D eigenvalue weighted by atomic mass is 10.0. The van der Waals surface area contributed by atoms with Gasteiger partial charge in [-0.05, 0) is 119 Å². The molecular weight excluding hydrogens is 500 g/mol. The van der Waals surface area contributed by atoms with Gasteiger partial charge in [-0.25, -0.2) is 0 Å². The van der Waals surface area contributed by atoms with Crippen molar-refractivity contribution < 1.29 is 4.74 Å². The number of ether oxygens (including phenoxy) is 1. The molecule has 2 aromatic carbocycles.